The minimum absolute atomic E-state index is 0.0182. The Labute approximate surface area is 166 Å². The lowest BCUT2D eigenvalue weighted by molar-refractivity contribution is -0.130. The minimum Gasteiger partial charge on any atom is -0.376 e. The third kappa shape index (κ3) is 5.69. The number of primary amides is 1. The van der Waals surface area contributed by atoms with Crippen LogP contribution in [0.5, 0.6) is 0 Å². The molecule has 28 heavy (non-hydrogen) atoms. The predicted molar refractivity (Wildman–Crippen MR) is 108 cm³/mol. The Hall–Kier alpha value is -2.12. The Morgan fingerprint density at radius 3 is 2.54 bits per heavy atom. The molecule has 0 aromatic heterocycles. The summed E-state index contributed by atoms with van der Waals surface area (Å²) in [6.45, 7) is 4.62. The van der Waals surface area contributed by atoms with Crippen molar-refractivity contribution in [3.63, 3.8) is 0 Å². The fourth-order valence-corrected chi connectivity index (χ4v) is 3.69. The smallest absolute Gasteiger partial charge is 0.253 e. The second-order valence-electron chi connectivity index (χ2n) is 7.66. The van der Waals surface area contributed by atoms with Crippen LogP contribution in [0.15, 0.2) is 24.3 Å². The van der Waals surface area contributed by atoms with Crippen LogP contribution >= 0.6 is 0 Å². The molecule has 7 nitrogen and oxygen atoms in total. The Morgan fingerprint density at radius 1 is 1.21 bits per heavy atom. The summed E-state index contributed by atoms with van der Waals surface area (Å²) in [5.74, 6) is -0.384. The van der Waals surface area contributed by atoms with Gasteiger partial charge in [-0.15, -0.1) is 0 Å². The van der Waals surface area contributed by atoms with E-state index in [4.69, 9.17) is 15.2 Å². The predicted octanol–water partition coefficient (Wildman–Crippen LogP) is 2.30. The van der Waals surface area contributed by atoms with Gasteiger partial charge in [0.2, 0.25) is 5.91 Å². The average Bonchev–Trinajstić information content (AvgIpc) is 2.73. The molecule has 154 valence electrons. The van der Waals surface area contributed by atoms with Crippen LogP contribution in [0.4, 0.5) is 11.4 Å². The van der Waals surface area contributed by atoms with Gasteiger partial charge in [0.1, 0.15) is 6.10 Å². The van der Waals surface area contributed by atoms with Crippen LogP contribution in [0.2, 0.25) is 0 Å². The first-order chi connectivity index (χ1) is 13.5. The molecule has 2 aliphatic heterocycles. The summed E-state index contributed by atoms with van der Waals surface area (Å²) in [5, 5.41) is 2.90. The van der Waals surface area contributed by atoms with Gasteiger partial charge in [0.15, 0.2) is 0 Å². The van der Waals surface area contributed by atoms with E-state index in [1.807, 2.05) is 24.3 Å². The van der Waals surface area contributed by atoms with E-state index in [1.54, 1.807) is 6.92 Å². The number of nitrogens with one attached hydrogen (secondary N) is 1. The largest absolute Gasteiger partial charge is 0.376 e. The first kappa shape index (κ1) is 20.6. The molecule has 1 aromatic rings. The maximum Gasteiger partial charge on any atom is 0.253 e. The number of anilines is 2. The number of carbonyl (C=O) groups excluding carboxylic acids is 2. The molecule has 0 aliphatic carbocycles. The van der Waals surface area contributed by atoms with Crippen LogP contribution in [0, 0.1) is 5.92 Å². The fourth-order valence-electron chi connectivity index (χ4n) is 3.69. The third-order valence-corrected chi connectivity index (χ3v) is 5.57. The number of rotatable bonds is 7. The molecule has 3 rings (SSSR count). The number of hydrogen-bond donors (Lipinski definition) is 2. The first-order valence-corrected chi connectivity index (χ1v) is 10.2. The SMILES string of the molecule is CC(OCC1CCCCO1)C(=O)Nc1ccc(N2CCC(C(N)=O)CC2)cc1. The lowest BCUT2D eigenvalue weighted by atomic mass is 9.96. The summed E-state index contributed by atoms with van der Waals surface area (Å²) in [7, 11) is 0. The van der Waals surface area contributed by atoms with Gasteiger partial charge in [0, 0.05) is 37.0 Å². The molecule has 0 radical (unpaired) electrons. The van der Waals surface area contributed by atoms with E-state index in [-0.39, 0.29) is 23.8 Å². The van der Waals surface area contributed by atoms with Crippen LogP contribution in [-0.4, -0.2) is 50.3 Å². The maximum atomic E-state index is 12.3. The molecule has 2 amide bonds. The molecule has 1 aromatic carbocycles. The van der Waals surface area contributed by atoms with Crippen LogP contribution in [0.1, 0.15) is 39.0 Å². The third-order valence-electron chi connectivity index (χ3n) is 5.57. The topological polar surface area (TPSA) is 93.9 Å². The Bertz CT molecular complexity index is 650. The van der Waals surface area contributed by atoms with Crippen molar-refractivity contribution in [1.82, 2.24) is 0 Å². The van der Waals surface area contributed by atoms with Gasteiger partial charge in [-0.3, -0.25) is 9.59 Å². The highest BCUT2D eigenvalue weighted by Gasteiger charge is 2.23. The maximum absolute atomic E-state index is 12.3. The van der Waals surface area contributed by atoms with Crippen molar-refractivity contribution < 1.29 is 19.1 Å². The number of carbonyl (C=O) groups is 2. The molecule has 2 fully saturated rings. The van der Waals surface area contributed by atoms with E-state index in [2.05, 4.69) is 10.2 Å². The van der Waals surface area contributed by atoms with Gasteiger partial charge >= 0.3 is 0 Å². The standard InChI is InChI=1S/C21H31N3O4/c1-15(28-14-19-4-2-3-13-27-19)21(26)23-17-5-7-18(8-6-17)24-11-9-16(10-12-24)20(22)25/h5-8,15-16,19H,2-4,9-14H2,1H3,(H2,22,25)(H,23,26). The van der Waals surface area contributed by atoms with E-state index in [9.17, 15) is 9.59 Å². The van der Waals surface area contributed by atoms with Crippen LogP contribution in [-0.2, 0) is 19.1 Å². The molecule has 0 spiro atoms. The van der Waals surface area contributed by atoms with E-state index in [0.29, 0.717) is 6.61 Å². The highest BCUT2D eigenvalue weighted by Crippen LogP contribution is 2.24. The van der Waals surface area contributed by atoms with Gasteiger partial charge in [0.25, 0.3) is 5.91 Å². The number of nitrogens with zero attached hydrogens (tertiary/aromatic N) is 1. The molecule has 2 atom stereocenters. The summed E-state index contributed by atoms with van der Waals surface area (Å²) < 4.78 is 11.3. The number of amides is 2. The summed E-state index contributed by atoms with van der Waals surface area (Å²) in [5.41, 5.74) is 7.21. The normalized spacial score (nSPS) is 21.9. The van der Waals surface area contributed by atoms with Crippen molar-refractivity contribution in [2.45, 2.75) is 51.2 Å². The van der Waals surface area contributed by atoms with Crippen molar-refractivity contribution in [2.24, 2.45) is 11.7 Å². The molecule has 0 bridgehead atoms. The molecule has 7 heteroatoms. The number of nitrogens with two attached hydrogens (primary N) is 1. The lowest BCUT2D eigenvalue weighted by Gasteiger charge is -2.32. The number of hydrogen-bond acceptors (Lipinski definition) is 5. The molecule has 2 heterocycles. The van der Waals surface area contributed by atoms with Crippen LogP contribution < -0.4 is 16.0 Å². The summed E-state index contributed by atoms with van der Waals surface area (Å²) in [6, 6.07) is 7.76. The molecular formula is C21H31N3O4. The summed E-state index contributed by atoms with van der Waals surface area (Å²) in [4.78, 5) is 25.9. The van der Waals surface area contributed by atoms with Crippen LogP contribution in [0.3, 0.4) is 0 Å². The van der Waals surface area contributed by atoms with Crippen molar-refractivity contribution >= 4 is 23.2 Å². The van der Waals surface area contributed by atoms with Gasteiger partial charge in [0.05, 0.1) is 12.7 Å². The molecular weight excluding hydrogens is 358 g/mol. The highest BCUT2D eigenvalue weighted by atomic mass is 16.5. The Kier molecular flexibility index (Phi) is 7.28. The summed E-state index contributed by atoms with van der Waals surface area (Å²) in [6.07, 6.45) is 4.39. The first-order valence-electron chi connectivity index (χ1n) is 10.2. The molecule has 2 saturated heterocycles. The van der Waals surface area contributed by atoms with Gasteiger partial charge < -0.3 is 25.4 Å². The van der Waals surface area contributed by atoms with Gasteiger partial charge in [-0.1, -0.05) is 0 Å². The van der Waals surface area contributed by atoms with Crippen molar-refractivity contribution in [3.8, 4) is 0 Å². The highest BCUT2D eigenvalue weighted by molar-refractivity contribution is 5.94. The minimum atomic E-state index is -0.530. The Balaban J connectivity index is 1.44. The lowest BCUT2D eigenvalue weighted by Crippen LogP contribution is -2.38. The molecule has 2 aliphatic rings. The van der Waals surface area contributed by atoms with E-state index < -0.39 is 6.10 Å². The fraction of sp³-hybridized carbons (Fsp3) is 0.619. The Morgan fingerprint density at radius 2 is 1.93 bits per heavy atom. The van der Waals surface area contributed by atoms with Gasteiger partial charge in [-0.2, -0.15) is 0 Å². The van der Waals surface area contributed by atoms with Crippen molar-refractivity contribution in [3.05, 3.63) is 24.3 Å². The quantitative estimate of drug-likeness (QED) is 0.746. The van der Waals surface area contributed by atoms with Crippen molar-refractivity contribution in [2.75, 3.05) is 36.5 Å². The molecule has 0 saturated carbocycles. The number of benzene rings is 1. The van der Waals surface area contributed by atoms with Crippen LogP contribution in [0.25, 0.3) is 0 Å². The second kappa shape index (κ2) is 9.89. The zero-order valence-electron chi connectivity index (χ0n) is 16.6. The van der Waals surface area contributed by atoms with E-state index in [1.165, 1.54) is 0 Å². The summed E-state index contributed by atoms with van der Waals surface area (Å²) >= 11 is 0. The zero-order valence-corrected chi connectivity index (χ0v) is 16.6. The zero-order chi connectivity index (χ0) is 19.9. The van der Waals surface area contributed by atoms with E-state index in [0.717, 1.165) is 63.2 Å². The number of ether oxygens (including phenoxy) is 2. The molecule has 3 N–H and O–H groups in total. The van der Waals surface area contributed by atoms with Crippen molar-refractivity contribution in [1.29, 1.82) is 0 Å². The monoisotopic (exact) mass is 389 g/mol. The molecule has 2 unspecified atom stereocenters. The average molecular weight is 389 g/mol. The van der Waals surface area contributed by atoms with Gasteiger partial charge in [-0.05, 0) is 63.3 Å². The van der Waals surface area contributed by atoms with E-state index >= 15 is 0 Å². The van der Waals surface area contributed by atoms with Gasteiger partial charge in [-0.25, -0.2) is 0 Å². The second-order valence-corrected chi connectivity index (χ2v) is 7.66. The number of piperidine rings is 1.